The molecule has 5 nitrogen and oxygen atoms in total. The van der Waals surface area contributed by atoms with Crippen molar-refractivity contribution in [2.45, 2.75) is 12.8 Å². The van der Waals surface area contributed by atoms with E-state index in [1.165, 1.54) is 0 Å². The molecule has 1 aliphatic rings. The van der Waals surface area contributed by atoms with Gasteiger partial charge in [0.15, 0.2) is 0 Å². The summed E-state index contributed by atoms with van der Waals surface area (Å²) >= 11 is 0. The number of H-pyrrole nitrogens is 1. The van der Waals surface area contributed by atoms with Crippen molar-refractivity contribution in [3.05, 3.63) is 42.2 Å². The average Bonchev–Trinajstić information content (AvgIpc) is 3.20. The number of amides is 1. The number of rotatable bonds is 5. The lowest BCUT2D eigenvalue weighted by Gasteiger charge is -2.10. The van der Waals surface area contributed by atoms with Crippen LogP contribution in [0.5, 0.6) is 0 Å². The Labute approximate surface area is 123 Å². The molecule has 110 valence electrons. The van der Waals surface area contributed by atoms with Crippen molar-refractivity contribution in [2.75, 3.05) is 19.8 Å². The number of carbonyl (C=O) groups is 1. The quantitative estimate of drug-likeness (QED) is 0.885. The molecule has 0 spiro atoms. The minimum Gasteiger partial charge on any atom is -0.381 e. The van der Waals surface area contributed by atoms with Crippen molar-refractivity contribution < 1.29 is 9.53 Å². The van der Waals surface area contributed by atoms with Gasteiger partial charge in [0.2, 0.25) is 0 Å². The molecule has 0 saturated carbocycles. The summed E-state index contributed by atoms with van der Waals surface area (Å²) in [6.45, 7) is 2.35. The second-order valence-corrected chi connectivity index (χ2v) is 5.26. The van der Waals surface area contributed by atoms with E-state index in [2.05, 4.69) is 15.3 Å². The molecule has 0 aliphatic carbocycles. The van der Waals surface area contributed by atoms with Crippen LogP contribution < -0.4 is 5.32 Å². The van der Waals surface area contributed by atoms with Gasteiger partial charge in [0, 0.05) is 37.7 Å². The van der Waals surface area contributed by atoms with Gasteiger partial charge in [-0.15, -0.1) is 0 Å². The van der Waals surface area contributed by atoms with Gasteiger partial charge in [0.25, 0.3) is 5.91 Å². The van der Waals surface area contributed by atoms with Gasteiger partial charge in [-0.05, 0) is 24.8 Å². The monoisotopic (exact) mass is 285 g/mol. The summed E-state index contributed by atoms with van der Waals surface area (Å²) in [6.07, 6.45) is 5.50. The number of aromatic amines is 1. The maximum Gasteiger partial charge on any atom is 0.252 e. The van der Waals surface area contributed by atoms with E-state index in [1.807, 2.05) is 24.3 Å². The molecule has 1 aromatic heterocycles. The zero-order valence-electron chi connectivity index (χ0n) is 11.8. The number of nitrogens with zero attached hydrogens (tertiary/aromatic N) is 1. The highest BCUT2D eigenvalue weighted by Crippen LogP contribution is 2.20. The third-order valence-electron chi connectivity index (χ3n) is 3.79. The first kappa shape index (κ1) is 13.8. The molecule has 0 radical (unpaired) electrons. The Balaban J connectivity index is 1.64. The molecule has 0 bridgehead atoms. The number of imidazole rings is 1. The lowest BCUT2D eigenvalue weighted by atomic mass is 10.0. The number of carbonyl (C=O) groups excluding carboxylic acids is 1. The van der Waals surface area contributed by atoms with Crippen LogP contribution in [0.25, 0.3) is 11.4 Å². The summed E-state index contributed by atoms with van der Waals surface area (Å²) in [5.74, 6) is 1.23. The van der Waals surface area contributed by atoms with Gasteiger partial charge in [-0.2, -0.15) is 0 Å². The van der Waals surface area contributed by atoms with E-state index in [0.29, 0.717) is 23.9 Å². The molecule has 1 aromatic carbocycles. The summed E-state index contributed by atoms with van der Waals surface area (Å²) in [7, 11) is 0. The SMILES string of the molecule is O=C(NCCC1CCOC1)c1ccccc1-c1ncc[nH]1. The van der Waals surface area contributed by atoms with Crippen molar-refractivity contribution in [2.24, 2.45) is 5.92 Å². The predicted octanol–water partition coefficient (Wildman–Crippen LogP) is 2.23. The van der Waals surface area contributed by atoms with Crippen LogP contribution in [0.2, 0.25) is 0 Å². The number of hydrogen-bond acceptors (Lipinski definition) is 3. The second kappa shape index (κ2) is 6.54. The van der Waals surface area contributed by atoms with Gasteiger partial charge < -0.3 is 15.0 Å². The third kappa shape index (κ3) is 3.31. The Bertz CT molecular complexity index is 589. The van der Waals surface area contributed by atoms with Crippen LogP contribution in [0, 0.1) is 5.92 Å². The fourth-order valence-corrected chi connectivity index (χ4v) is 2.60. The Morgan fingerprint density at radius 3 is 3.10 bits per heavy atom. The van der Waals surface area contributed by atoms with E-state index >= 15 is 0 Å². The topological polar surface area (TPSA) is 67.0 Å². The van der Waals surface area contributed by atoms with Gasteiger partial charge in [0.05, 0.1) is 5.56 Å². The summed E-state index contributed by atoms with van der Waals surface area (Å²) in [4.78, 5) is 19.6. The van der Waals surface area contributed by atoms with Crippen LogP contribution in [0.15, 0.2) is 36.7 Å². The van der Waals surface area contributed by atoms with E-state index in [9.17, 15) is 4.79 Å². The van der Waals surface area contributed by atoms with Crippen molar-refractivity contribution >= 4 is 5.91 Å². The number of nitrogens with one attached hydrogen (secondary N) is 2. The number of hydrogen-bond donors (Lipinski definition) is 2. The van der Waals surface area contributed by atoms with Gasteiger partial charge in [-0.1, -0.05) is 18.2 Å². The molecule has 1 saturated heterocycles. The van der Waals surface area contributed by atoms with Gasteiger partial charge in [-0.3, -0.25) is 4.79 Å². The van der Waals surface area contributed by atoms with E-state index in [0.717, 1.165) is 31.6 Å². The number of aromatic nitrogens is 2. The van der Waals surface area contributed by atoms with Crippen molar-refractivity contribution in [3.8, 4) is 11.4 Å². The Morgan fingerprint density at radius 2 is 2.33 bits per heavy atom. The smallest absolute Gasteiger partial charge is 0.252 e. The Hall–Kier alpha value is -2.14. The fourth-order valence-electron chi connectivity index (χ4n) is 2.60. The van der Waals surface area contributed by atoms with E-state index < -0.39 is 0 Å². The summed E-state index contributed by atoms with van der Waals surface area (Å²) < 4.78 is 5.34. The Morgan fingerprint density at radius 1 is 1.43 bits per heavy atom. The zero-order valence-corrected chi connectivity index (χ0v) is 11.8. The van der Waals surface area contributed by atoms with Crippen LogP contribution in [0.3, 0.4) is 0 Å². The summed E-state index contributed by atoms with van der Waals surface area (Å²) in [6, 6.07) is 7.50. The molecule has 5 heteroatoms. The molecular weight excluding hydrogens is 266 g/mol. The normalized spacial score (nSPS) is 17.8. The van der Waals surface area contributed by atoms with Crippen LogP contribution in [0.4, 0.5) is 0 Å². The largest absolute Gasteiger partial charge is 0.381 e. The predicted molar refractivity (Wildman–Crippen MR) is 79.9 cm³/mol. The highest BCUT2D eigenvalue weighted by atomic mass is 16.5. The van der Waals surface area contributed by atoms with Crippen LogP contribution in [-0.4, -0.2) is 35.6 Å². The van der Waals surface area contributed by atoms with E-state index in [4.69, 9.17) is 4.74 Å². The lowest BCUT2D eigenvalue weighted by Crippen LogP contribution is -2.26. The van der Waals surface area contributed by atoms with E-state index in [1.54, 1.807) is 12.4 Å². The first-order valence-electron chi connectivity index (χ1n) is 7.29. The summed E-state index contributed by atoms with van der Waals surface area (Å²) in [5, 5.41) is 2.99. The molecule has 1 amide bonds. The van der Waals surface area contributed by atoms with Crippen LogP contribution in [0.1, 0.15) is 23.2 Å². The van der Waals surface area contributed by atoms with Gasteiger partial charge in [0.1, 0.15) is 5.82 Å². The molecule has 3 rings (SSSR count). The molecule has 2 aromatic rings. The first-order chi connectivity index (χ1) is 10.3. The molecule has 1 atom stereocenters. The zero-order chi connectivity index (χ0) is 14.5. The summed E-state index contributed by atoms with van der Waals surface area (Å²) in [5.41, 5.74) is 1.47. The molecule has 21 heavy (non-hydrogen) atoms. The van der Waals surface area contributed by atoms with E-state index in [-0.39, 0.29) is 5.91 Å². The maximum absolute atomic E-state index is 12.4. The fraction of sp³-hybridized carbons (Fsp3) is 0.375. The van der Waals surface area contributed by atoms with Crippen molar-refractivity contribution in [1.29, 1.82) is 0 Å². The number of benzene rings is 1. The first-order valence-corrected chi connectivity index (χ1v) is 7.29. The molecule has 2 N–H and O–H groups in total. The van der Waals surface area contributed by atoms with Gasteiger partial charge in [-0.25, -0.2) is 4.98 Å². The highest BCUT2D eigenvalue weighted by molar-refractivity contribution is 6.00. The van der Waals surface area contributed by atoms with Gasteiger partial charge >= 0.3 is 0 Å². The average molecular weight is 285 g/mol. The van der Waals surface area contributed by atoms with Crippen LogP contribution in [-0.2, 0) is 4.74 Å². The van der Waals surface area contributed by atoms with Crippen molar-refractivity contribution in [1.82, 2.24) is 15.3 Å². The molecule has 1 aliphatic heterocycles. The molecule has 2 heterocycles. The number of ether oxygens (including phenoxy) is 1. The highest BCUT2D eigenvalue weighted by Gasteiger charge is 2.17. The minimum absolute atomic E-state index is 0.0547. The standard InChI is InChI=1S/C16H19N3O2/c20-16(19-7-5-12-6-10-21-11-12)14-4-2-1-3-13(14)15-17-8-9-18-15/h1-4,8-9,12H,5-7,10-11H2,(H,17,18)(H,19,20). The molecule has 1 unspecified atom stereocenters. The molecule has 1 fully saturated rings. The second-order valence-electron chi connectivity index (χ2n) is 5.26. The Kier molecular flexibility index (Phi) is 4.31. The third-order valence-corrected chi connectivity index (χ3v) is 3.79. The maximum atomic E-state index is 12.4. The van der Waals surface area contributed by atoms with Crippen LogP contribution >= 0.6 is 0 Å². The minimum atomic E-state index is -0.0547. The molecular formula is C16H19N3O2. The van der Waals surface area contributed by atoms with Crippen molar-refractivity contribution in [3.63, 3.8) is 0 Å². The lowest BCUT2D eigenvalue weighted by molar-refractivity contribution is 0.0951.